The minimum atomic E-state index is -0.227. The van der Waals surface area contributed by atoms with E-state index in [9.17, 15) is 4.39 Å². The molecule has 0 saturated heterocycles. The van der Waals surface area contributed by atoms with E-state index in [4.69, 9.17) is 0 Å². The molecule has 0 aliphatic carbocycles. The van der Waals surface area contributed by atoms with Crippen molar-refractivity contribution < 1.29 is 4.39 Å². The molecule has 4 nitrogen and oxygen atoms in total. The predicted octanol–water partition coefficient (Wildman–Crippen LogP) is 3.72. The van der Waals surface area contributed by atoms with E-state index >= 15 is 0 Å². The van der Waals surface area contributed by atoms with Crippen LogP contribution in [-0.4, -0.2) is 17.5 Å². The molecule has 2 rings (SSSR count). The Kier molecular flexibility index (Phi) is 9.08. The van der Waals surface area contributed by atoms with E-state index in [1.165, 1.54) is 10.9 Å². The summed E-state index contributed by atoms with van der Waals surface area (Å²) in [5, 5.41) is 7.41. The maximum atomic E-state index is 13.6. The first-order chi connectivity index (χ1) is 10.7. The highest BCUT2D eigenvalue weighted by Gasteiger charge is 2.04. The number of aliphatic imine (C=N–C) groups is 1. The molecular formula is C16H22FIN4S. The molecule has 0 aliphatic rings. The summed E-state index contributed by atoms with van der Waals surface area (Å²) in [5.41, 5.74) is 0.585. The SMILES string of the molecule is CCNC(=NCc1ccccc1F)NCc1ncc(CC)s1.I. The summed E-state index contributed by atoms with van der Waals surface area (Å²) in [6.07, 6.45) is 2.91. The molecule has 0 radical (unpaired) electrons. The number of thiazole rings is 1. The number of guanidine groups is 1. The summed E-state index contributed by atoms with van der Waals surface area (Å²) < 4.78 is 13.6. The molecule has 0 fully saturated rings. The van der Waals surface area contributed by atoms with Gasteiger partial charge in [0.2, 0.25) is 0 Å². The lowest BCUT2D eigenvalue weighted by atomic mass is 10.2. The van der Waals surface area contributed by atoms with Gasteiger partial charge in [-0.05, 0) is 19.4 Å². The lowest BCUT2D eigenvalue weighted by Crippen LogP contribution is -2.36. The van der Waals surface area contributed by atoms with E-state index in [1.54, 1.807) is 23.5 Å². The molecule has 1 heterocycles. The fraction of sp³-hybridized carbons (Fsp3) is 0.375. The number of aromatic nitrogens is 1. The van der Waals surface area contributed by atoms with E-state index in [2.05, 4.69) is 27.5 Å². The zero-order valence-corrected chi connectivity index (χ0v) is 16.5. The maximum absolute atomic E-state index is 13.6. The maximum Gasteiger partial charge on any atom is 0.191 e. The summed E-state index contributed by atoms with van der Waals surface area (Å²) in [6, 6.07) is 6.69. The smallest absolute Gasteiger partial charge is 0.191 e. The lowest BCUT2D eigenvalue weighted by molar-refractivity contribution is 0.610. The Balaban J connectivity index is 0.00000264. The van der Waals surface area contributed by atoms with Crippen molar-refractivity contribution in [1.82, 2.24) is 15.6 Å². The van der Waals surface area contributed by atoms with Crippen LogP contribution in [0.5, 0.6) is 0 Å². The number of rotatable bonds is 6. The van der Waals surface area contributed by atoms with Crippen molar-refractivity contribution in [3.8, 4) is 0 Å². The van der Waals surface area contributed by atoms with Gasteiger partial charge in [-0.15, -0.1) is 35.3 Å². The largest absolute Gasteiger partial charge is 0.357 e. The van der Waals surface area contributed by atoms with E-state index in [-0.39, 0.29) is 29.8 Å². The van der Waals surface area contributed by atoms with Crippen molar-refractivity contribution in [2.45, 2.75) is 33.4 Å². The number of nitrogens with zero attached hydrogens (tertiary/aromatic N) is 2. The summed E-state index contributed by atoms with van der Waals surface area (Å²) in [6.45, 7) is 5.79. The molecule has 0 saturated carbocycles. The number of hydrogen-bond donors (Lipinski definition) is 2. The summed E-state index contributed by atoms with van der Waals surface area (Å²) in [7, 11) is 0. The second-order valence-electron chi connectivity index (χ2n) is 4.71. The van der Waals surface area contributed by atoms with Gasteiger partial charge in [0.05, 0.1) is 13.1 Å². The van der Waals surface area contributed by atoms with Crippen molar-refractivity contribution in [3.63, 3.8) is 0 Å². The number of hydrogen-bond acceptors (Lipinski definition) is 3. The van der Waals surface area contributed by atoms with E-state index < -0.39 is 0 Å². The van der Waals surface area contributed by atoms with Crippen molar-refractivity contribution in [1.29, 1.82) is 0 Å². The second-order valence-corrected chi connectivity index (χ2v) is 5.91. The first-order valence-electron chi connectivity index (χ1n) is 7.42. The van der Waals surface area contributed by atoms with Crippen LogP contribution in [0.4, 0.5) is 4.39 Å². The fourth-order valence-corrected chi connectivity index (χ4v) is 2.69. The van der Waals surface area contributed by atoms with Crippen LogP contribution in [-0.2, 0) is 19.5 Å². The molecule has 0 bridgehead atoms. The number of nitrogens with one attached hydrogen (secondary N) is 2. The Hall–Kier alpha value is -1.22. The summed E-state index contributed by atoms with van der Waals surface area (Å²) in [4.78, 5) is 10.1. The van der Waals surface area contributed by atoms with E-state index in [0.29, 0.717) is 24.6 Å². The molecule has 0 spiro atoms. The van der Waals surface area contributed by atoms with E-state index in [0.717, 1.165) is 18.0 Å². The van der Waals surface area contributed by atoms with Gasteiger partial charge in [-0.3, -0.25) is 0 Å². The lowest BCUT2D eigenvalue weighted by Gasteiger charge is -2.10. The molecular weight excluding hydrogens is 426 g/mol. The van der Waals surface area contributed by atoms with Crippen LogP contribution in [0.3, 0.4) is 0 Å². The van der Waals surface area contributed by atoms with Crippen molar-refractivity contribution in [2.24, 2.45) is 4.99 Å². The van der Waals surface area contributed by atoms with Gasteiger partial charge >= 0.3 is 0 Å². The van der Waals surface area contributed by atoms with Gasteiger partial charge in [0.15, 0.2) is 5.96 Å². The van der Waals surface area contributed by atoms with Crippen LogP contribution < -0.4 is 10.6 Å². The average molecular weight is 448 g/mol. The highest BCUT2D eigenvalue weighted by atomic mass is 127. The molecule has 2 aromatic rings. The van der Waals surface area contributed by atoms with Gasteiger partial charge in [-0.1, -0.05) is 25.1 Å². The third kappa shape index (κ3) is 6.42. The highest BCUT2D eigenvalue weighted by Crippen LogP contribution is 2.13. The molecule has 0 amide bonds. The highest BCUT2D eigenvalue weighted by molar-refractivity contribution is 14.0. The van der Waals surface area contributed by atoms with Crippen molar-refractivity contribution in [3.05, 3.63) is 51.7 Å². The van der Waals surface area contributed by atoms with Gasteiger partial charge in [0, 0.05) is 23.2 Å². The molecule has 0 atom stereocenters. The molecule has 0 unspecified atom stereocenters. The van der Waals surface area contributed by atoms with Crippen LogP contribution in [0.2, 0.25) is 0 Å². The monoisotopic (exact) mass is 448 g/mol. The minimum Gasteiger partial charge on any atom is -0.357 e. The third-order valence-corrected chi connectivity index (χ3v) is 4.21. The molecule has 1 aromatic carbocycles. The Morgan fingerprint density at radius 2 is 2.04 bits per heavy atom. The summed E-state index contributed by atoms with van der Waals surface area (Å²) in [5.74, 6) is 0.439. The quantitative estimate of drug-likeness (QED) is 0.403. The zero-order valence-electron chi connectivity index (χ0n) is 13.3. The number of aryl methyl sites for hydroxylation is 1. The Bertz CT molecular complexity index is 630. The molecule has 23 heavy (non-hydrogen) atoms. The third-order valence-electron chi connectivity index (χ3n) is 3.07. The average Bonchev–Trinajstić information content (AvgIpc) is 2.99. The van der Waals surface area contributed by atoms with Crippen LogP contribution in [0, 0.1) is 5.82 Å². The topological polar surface area (TPSA) is 49.3 Å². The minimum absolute atomic E-state index is 0. The van der Waals surface area contributed by atoms with Crippen molar-refractivity contribution in [2.75, 3.05) is 6.54 Å². The van der Waals surface area contributed by atoms with Crippen LogP contribution in [0.25, 0.3) is 0 Å². The van der Waals surface area contributed by atoms with E-state index in [1.807, 2.05) is 19.2 Å². The molecule has 126 valence electrons. The van der Waals surface area contributed by atoms with Gasteiger partial charge < -0.3 is 10.6 Å². The van der Waals surface area contributed by atoms with Gasteiger partial charge in [0.1, 0.15) is 10.8 Å². The standard InChI is InChI=1S/C16H21FN4S.HI/c1-3-13-10-19-15(22-13)11-21-16(18-4-2)20-9-12-7-5-6-8-14(12)17;/h5-8,10H,3-4,9,11H2,1-2H3,(H2,18,20,21);1H. The first-order valence-corrected chi connectivity index (χ1v) is 8.23. The predicted molar refractivity (Wildman–Crippen MR) is 105 cm³/mol. The summed E-state index contributed by atoms with van der Waals surface area (Å²) >= 11 is 1.69. The first kappa shape index (κ1) is 19.8. The molecule has 2 N–H and O–H groups in total. The molecule has 7 heteroatoms. The molecule has 0 aliphatic heterocycles. The Morgan fingerprint density at radius 1 is 1.26 bits per heavy atom. The van der Waals surface area contributed by atoms with Gasteiger partial charge in [0.25, 0.3) is 0 Å². The second kappa shape index (κ2) is 10.5. The fourth-order valence-electron chi connectivity index (χ4n) is 1.89. The Morgan fingerprint density at radius 3 is 2.70 bits per heavy atom. The van der Waals surface area contributed by atoms with Gasteiger partial charge in [-0.2, -0.15) is 0 Å². The van der Waals surface area contributed by atoms with Crippen molar-refractivity contribution >= 4 is 41.3 Å². The van der Waals surface area contributed by atoms with Crippen LogP contribution in [0.15, 0.2) is 35.5 Å². The zero-order chi connectivity index (χ0) is 15.8. The van der Waals surface area contributed by atoms with Gasteiger partial charge in [-0.25, -0.2) is 14.4 Å². The number of halogens is 2. The Labute approximate surface area is 157 Å². The van der Waals surface area contributed by atoms with Crippen LogP contribution in [0.1, 0.15) is 29.3 Å². The number of benzene rings is 1. The van der Waals surface area contributed by atoms with Crippen LogP contribution >= 0.6 is 35.3 Å². The normalized spacial score (nSPS) is 11.0. The molecule has 1 aromatic heterocycles.